The maximum absolute atomic E-state index is 6.11. The van der Waals surface area contributed by atoms with Gasteiger partial charge in [-0.05, 0) is 32.8 Å². The zero-order valence-corrected chi connectivity index (χ0v) is 17.0. The van der Waals surface area contributed by atoms with Crippen LogP contribution in [0.5, 0.6) is 0 Å². The van der Waals surface area contributed by atoms with Crippen LogP contribution < -0.4 is 5.73 Å². The smallest absolute Gasteiger partial charge is 0.151 e. The van der Waals surface area contributed by atoms with Crippen molar-refractivity contribution in [1.82, 2.24) is 19.5 Å². The molecule has 0 bridgehead atoms. The van der Waals surface area contributed by atoms with Crippen LogP contribution in [0.2, 0.25) is 0 Å². The molecule has 0 aliphatic carbocycles. The average Bonchev–Trinajstić information content (AvgIpc) is 3.29. The summed E-state index contributed by atoms with van der Waals surface area (Å²) in [5.74, 6) is 1.33. The third-order valence-corrected chi connectivity index (χ3v) is 5.37. The quantitative estimate of drug-likeness (QED) is 0.536. The van der Waals surface area contributed by atoms with Crippen LogP contribution in [0.15, 0.2) is 11.6 Å². The predicted octanol–water partition coefficient (Wildman–Crippen LogP) is 3.27. The van der Waals surface area contributed by atoms with Crippen LogP contribution in [0.3, 0.4) is 0 Å². The molecule has 3 aromatic heterocycles. The molecule has 146 valence electrons. The Morgan fingerprint density at radius 1 is 1.19 bits per heavy atom. The summed E-state index contributed by atoms with van der Waals surface area (Å²) in [4.78, 5) is 13.4. The summed E-state index contributed by atoms with van der Waals surface area (Å²) < 4.78 is 13.6. The van der Waals surface area contributed by atoms with E-state index in [0.717, 1.165) is 46.0 Å². The number of rotatable bonds is 10. The topological polar surface area (TPSA) is 88.1 Å². The Kier molecular flexibility index (Phi) is 6.76. The Labute approximate surface area is 163 Å². The lowest BCUT2D eigenvalue weighted by Crippen LogP contribution is -2.12. The third-order valence-electron chi connectivity index (χ3n) is 4.53. The number of nitrogen functional groups attached to an aromatic ring is 1. The molecule has 8 heteroatoms. The number of nitrogens with two attached hydrogens (primary N) is 1. The Hall–Kier alpha value is -2.03. The van der Waals surface area contributed by atoms with Crippen molar-refractivity contribution in [3.05, 3.63) is 33.7 Å². The SMILES string of the molecule is CCOCc1nc2c(N)nc(C)c(C)c2n1CCOCCCc1nccs1. The lowest BCUT2D eigenvalue weighted by atomic mass is 10.2. The minimum absolute atomic E-state index is 0.452. The van der Waals surface area contributed by atoms with Crippen LogP contribution in [-0.4, -0.2) is 39.3 Å². The first-order valence-electron chi connectivity index (χ1n) is 9.27. The van der Waals surface area contributed by atoms with Gasteiger partial charge in [-0.3, -0.25) is 0 Å². The second kappa shape index (κ2) is 9.25. The van der Waals surface area contributed by atoms with Crippen molar-refractivity contribution in [3.63, 3.8) is 0 Å². The molecule has 3 rings (SSSR count). The average molecular weight is 390 g/mol. The summed E-state index contributed by atoms with van der Waals surface area (Å²) in [5, 5.41) is 3.16. The van der Waals surface area contributed by atoms with E-state index in [9.17, 15) is 0 Å². The van der Waals surface area contributed by atoms with Crippen molar-refractivity contribution in [3.8, 4) is 0 Å². The number of nitrogens with zero attached hydrogens (tertiary/aromatic N) is 4. The molecule has 0 saturated carbocycles. The van der Waals surface area contributed by atoms with Gasteiger partial charge in [-0.2, -0.15) is 0 Å². The molecular weight excluding hydrogens is 362 g/mol. The van der Waals surface area contributed by atoms with Gasteiger partial charge in [0.05, 0.1) is 17.1 Å². The Bertz CT molecular complexity index is 876. The van der Waals surface area contributed by atoms with E-state index in [1.54, 1.807) is 11.3 Å². The Morgan fingerprint density at radius 2 is 2.04 bits per heavy atom. The lowest BCUT2D eigenvalue weighted by molar-refractivity contribution is 0.112. The number of anilines is 1. The summed E-state index contributed by atoms with van der Waals surface area (Å²) >= 11 is 1.69. The number of fused-ring (bicyclic) bond motifs is 1. The molecule has 0 fully saturated rings. The van der Waals surface area contributed by atoms with Gasteiger partial charge in [-0.25, -0.2) is 15.0 Å². The first kappa shape index (κ1) is 19.7. The molecule has 7 nitrogen and oxygen atoms in total. The van der Waals surface area contributed by atoms with Crippen molar-refractivity contribution in [2.45, 2.75) is 46.8 Å². The Balaban J connectivity index is 1.67. The standard InChI is InChI=1S/C19H27N5O2S/c1-4-25-12-15-23-17-18(13(2)14(3)22-19(17)20)24(15)8-10-26-9-5-6-16-21-7-11-27-16/h7,11H,4-6,8-10,12H2,1-3H3,(H2,20,22). The number of aryl methyl sites for hydroxylation is 3. The van der Waals surface area contributed by atoms with E-state index in [1.165, 1.54) is 0 Å². The highest BCUT2D eigenvalue weighted by Crippen LogP contribution is 2.26. The van der Waals surface area contributed by atoms with E-state index in [4.69, 9.17) is 15.2 Å². The fraction of sp³-hybridized carbons (Fsp3) is 0.526. The van der Waals surface area contributed by atoms with Gasteiger partial charge >= 0.3 is 0 Å². The van der Waals surface area contributed by atoms with Crippen molar-refractivity contribution >= 4 is 28.2 Å². The fourth-order valence-corrected chi connectivity index (χ4v) is 3.71. The maximum Gasteiger partial charge on any atom is 0.151 e. The van der Waals surface area contributed by atoms with Crippen LogP contribution in [0.25, 0.3) is 11.0 Å². The van der Waals surface area contributed by atoms with Crippen LogP contribution in [0.4, 0.5) is 5.82 Å². The van der Waals surface area contributed by atoms with E-state index in [-0.39, 0.29) is 0 Å². The predicted molar refractivity (Wildman–Crippen MR) is 108 cm³/mol. The molecule has 2 N–H and O–H groups in total. The second-order valence-corrected chi connectivity index (χ2v) is 7.34. The van der Waals surface area contributed by atoms with Gasteiger partial charge < -0.3 is 19.8 Å². The highest BCUT2D eigenvalue weighted by Gasteiger charge is 2.17. The van der Waals surface area contributed by atoms with E-state index in [2.05, 4.69) is 26.4 Å². The number of thiazole rings is 1. The van der Waals surface area contributed by atoms with E-state index in [1.807, 2.05) is 25.4 Å². The minimum atomic E-state index is 0.452. The summed E-state index contributed by atoms with van der Waals surface area (Å²) in [5.41, 5.74) is 9.91. The molecule has 0 aromatic carbocycles. The van der Waals surface area contributed by atoms with E-state index in [0.29, 0.717) is 38.8 Å². The second-order valence-electron chi connectivity index (χ2n) is 6.36. The third kappa shape index (κ3) is 4.63. The minimum Gasteiger partial charge on any atom is -0.382 e. The zero-order valence-electron chi connectivity index (χ0n) is 16.2. The van der Waals surface area contributed by atoms with Crippen LogP contribution in [-0.2, 0) is 29.0 Å². The highest BCUT2D eigenvalue weighted by atomic mass is 32.1. The highest BCUT2D eigenvalue weighted by molar-refractivity contribution is 7.09. The van der Waals surface area contributed by atoms with Crippen molar-refractivity contribution < 1.29 is 9.47 Å². The van der Waals surface area contributed by atoms with Gasteiger partial charge in [0, 0.05) is 43.5 Å². The number of ether oxygens (including phenoxy) is 2. The first-order valence-corrected chi connectivity index (χ1v) is 10.2. The molecule has 3 aromatic rings. The fourth-order valence-electron chi connectivity index (χ4n) is 3.05. The van der Waals surface area contributed by atoms with Gasteiger partial charge in [0.2, 0.25) is 0 Å². The summed E-state index contributed by atoms with van der Waals surface area (Å²) in [6, 6.07) is 0. The van der Waals surface area contributed by atoms with Crippen LogP contribution >= 0.6 is 11.3 Å². The van der Waals surface area contributed by atoms with Crippen molar-refractivity contribution in [1.29, 1.82) is 0 Å². The molecule has 0 amide bonds. The molecule has 0 radical (unpaired) electrons. The van der Waals surface area contributed by atoms with Gasteiger partial charge in [-0.15, -0.1) is 11.3 Å². The summed E-state index contributed by atoms with van der Waals surface area (Å²) in [7, 11) is 0. The molecule has 0 aliphatic heterocycles. The molecule has 0 unspecified atom stereocenters. The molecular formula is C19H27N5O2S. The van der Waals surface area contributed by atoms with E-state index >= 15 is 0 Å². The number of pyridine rings is 1. The maximum atomic E-state index is 6.11. The van der Waals surface area contributed by atoms with Gasteiger partial charge in [0.15, 0.2) is 5.82 Å². The van der Waals surface area contributed by atoms with Gasteiger partial charge in [-0.1, -0.05) is 0 Å². The Morgan fingerprint density at radius 3 is 2.78 bits per heavy atom. The molecule has 3 heterocycles. The summed E-state index contributed by atoms with van der Waals surface area (Å²) in [6.07, 6.45) is 3.77. The molecule has 0 atom stereocenters. The molecule has 0 saturated heterocycles. The largest absolute Gasteiger partial charge is 0.382 e. The number of aromatic nitrogens is 4. The molecule has 27 heavy (non-hydrogen) atoms. The monoisotopic (exact) mass is 389 g/mol. The van der Waals surface area contributed by atoms with Gasteiger partial charge in [0.1, 0.15) is 17.9 Å². The first-order chi connectivity index (χ1) is 13.1. The van der Waals surface area contributed by atoms with Crippen LogP contribution in [0, 0.1) is 13.8 Å². The van der Waals surface area contributed by atoms with Gasteiger partial charge in [0.25, 0.3) is 0 Å². The number of imidazole rings is 1. The lowest BCUT2D eigenvalue weighted by Gasteiger charge is -2.12. The summed E-state index contributed by atoms with van der Waals surface area (Å²) in [6.45, 7) is 9.14. The van der Waals surface area contributed by atoms with E-state index < -0.39 is 0 Å². The van der Waals surface area contributed by atoms with Crippen molar-refractivity contribution in [2.75, 3.05) is 25.6 Å². The zero-order chi connectivity index (χ0) is 19.2. The normalized spacial score (nSPS) is 11.5. The number of hydrogen-bond acceptors (Lipinski definition) is 7. The van der Waals surface area contributed by atoms with Crippen LogP contribution in [0.1, 0.15) is 35.4 Å². The number of hydrogen-bond donors (Lipinski definition) is 1. The van der Waals surface area contributed by atoms with Crippen molar-refractivity contribution in [2.24, 2.45) is 0 Å². The molecule has 0 spiro atoms. The molecule has 0 aliphatic rings.